The molecule has 6 heteroatoms. The van der Waals surface area contributed by atoms with Crippen LogP contribution in [0.25, 0.3) is 0 Å². The van der Waals surface area contributed by atoms with Gasteiger partial charge >= 0.3 is 6.03 Å². The van der Waals surface area contributed by atoms with Crippen molar-refractivity contribution in [1.82, 2.24) is 10.2 Å². The number of carbonyl (C=O) groups excluding carboxylic acids is 2. The molecule has 0 fully saturated rings. The van der Waals surface area contributed by atoms with E-state index in [2.05, 4.69) is 10.6 Å². The summed E-state index contributed by atoms with van der Waals surface area (Å²) in [7, 11) is 0. The van der Waals surface area contributed by atoms with Crippen LogP contribution in [-0.4, -0.2) is 41.6 Å². The van der Waals surface area contributed by atoms with E-state index in [1.807, 2.05) is 13.8 Å². The standard InChI is InChI=1S/C15H23N3O3/c1-4-18(5-2)14(20)10-16-15(21)17-13-8-6-12(7-9-13)11(3)19/h6-9,11,19H,4-5,10H2,1-3H3,(H2,16,17,21). The molecule has 0 bridgehead atoms. The average Bonchev–Trinajstić information content (AvgIpc) is 2.47. The fraction of sp³-hybridized carbons (Fsp3) is 0.467. The number of nitrogens with one attached hydrogen (secondary N) is 2. The number of nitrogens with zero attached hydrogens (tertiary/aromatic N) is 1. The van der Waals surface area contributed by atoms with E-state index in [0.29, 0.717) is 18.8 Å². The monoisotopic (exact) mass is 293 g/mol. The molecule has 116 valence electrons. The van der Waals surface area contributed by atoms with Crippen molar-refractivity contribution in [1.29, 1.82) is 0 Å². The third kappa shape index (κ3) is 5.43. The molecule has 0 aliphatic heterocycles. The number of hydrogen-bond donors (Lipinski definition) is 3. The summed E-state index contributed by atoms with van der Waals surface area (Å²) in [6.07, 6.45) is -0.542. The summed E-state index contributed by atoms with van der Waals surface area (Å²) in [5, 5.41) is 14.6. The van der Waals surface area contributed by atoms with E-state index in [-0.39, 0.29) is 12.5 Å². The van der Waals surface area contributed by atoms with Gasteiger partial charge in [0.2, 0.25) is 5.91 Å². The van der Waals surface area contributed by atoms with E-state index in [0.717, 1.165) is 5.56 Å². The number of anilines is 1. The number of likely N-dealkylation sites (N-methyl/N-ethyl adjacent to an activating group) is 1. The molecule has 1 rings (SSSR count). The zero-order chi connectivity index (χ0) is 15.8. The van der Waals surface area contributed by atoms with Crippen LogP contribution in [0.5, 0.6) is 0 Å². The second kappa shape index (κ2) is 8.26. The molecule has 1 aromatic rings. The van der Waals surface area contributed by atoms with Crippen molar-refractivity contribution in [3.63, 3.8) is 0 Å². The summed E-state index contributed by atoms with van der Waals surface area (Å²) in [6, 6.07) is 6.45. The maximum absolute atomic E-state index is 11.7. The SMILES string of the molecule is CCN(CC)C(=O)CNC(=O)Nc1ccc(C(C)O)cc1. The van der Waals surface area contributed by atoms with Gasteiger partial charge in [-0.3, -0.25) is 4.79 Å². The number of urea groups is 1. The van der Waals surface area contributed by atoms with Gasteiger partial charge in [-0.25, -0.2) is 4.79 Å². The minimum atomic E-state index is -0.542. The Bertz CT molecular complexity index is 468. The predicted octanol–water partition coefficient (Wildman–Crippen LogP) is 1.73. The third-order valence-electron chi connectivity index (χ3n) is 3.17. The molecule has 3 N–H and O–H groups in total. The minimum Gasteiger partial charge on any atom is -0.389 e. The molecule has 0 saturated heterocycles. The Labute approximate surface area is 125 Å². The molecule has 0 saturated carbocycles. The first-order chi connectivity index (χ1) is 9.97. The number of carbonyl (C=O) groups is 2. The minimum absolute atomic E-state index is 0.0285. The van der Waals surface area contributed by atoms with Gasteiger partial charge in [-0.2, -0.15) is 0 Å². The van der Waals surface area contributed by atoms with Crippen molar-refractivity contribution in [3.05, 3.63) is 29.8 Å². The molecule has 0 aliphatic carbocycles. The number of aliphatic hydroxyl groups excluding tert-OH is 1. The summed E-state index contributed by atoms with van der Waals surface area (Å²) in [6.45, 7) is 6.68. The highest BCUT2D eigenvalue weighted by atomic mass is 16.3. The van der Waals surface area contributed by atoms with Crippen molar-refractivity contribution >= 4 is 17.6 Å². The highest BCUT2D eigenvalue weighted by molar-refractivity contribution is 5.92. The summed E-state index contributed by atoms with van der Waals surface area (Å²) in [5.41, 5.74) is 1.38. The lowest BCUT2D eigenvalue weighted by Crippen LogP contribution is -2.41. The maximum atomic E-state index is 11.7. The van der Waals surface area contributed by atoms with Crippen LogP contribution < -0.4 is 10.6 Å². The highest BCUT2D eigenvalue weighted by Crippen LogP contribution is 2.15. The number of amides is 3. The zero-order valence-corrected chi connectivity index (χ0v) is 12.7. The van der Waals surface area contributed by atoms with Crippen LogP contribution in [0.15, 0.2) is 24.3 Å². The fourth-order valence-corrected chi connectivity index (χ4v) is 1.86. The van der Waals surface area contributed by atoms with E-state index >= 15 is 0 Å². The maximum Gasteiger partial charge on any atom is 0.319 e. The van der Waals surface area contributed by atoms with Crippen LogP contribution in [-0.2, 0) is 4.79 Å². The smallest absolute Gasteiger partial charge is 0.319 e. The van der Waals surface area contributed by atoms with Crippen LogP contribution in [0.4, 0.5) is 10.5 Å². The van der Waals surface area contributed by atoms with Gasteiger partial charge in [-0.1, -0.05) is 12.1 Å². The molecule has 0 radical (unpaired) electrons. The fourth-order valence-electron chi connectivity index (χ4n) is 1.86. The molecular formula is C15H23N3O3. The van der Waals surface area contributed by atoms with E-state index in [9.17, 15) is 14.7 Å². The Morgan fingerprint density at radius 3 is 2.24 bits per heavy atom. The molecule has 1 atom stereocenters. The number of aliphatic hydroxyl groups is 1. The van der Waals surface area contributed by atoms with Crippen molar-refractivity contribution in [2.75, 3.05) is 25.0 Å². The average molecular weight is 293 g/mol. The highest BCUT2D eigenvalue weighted by Gasteiger charge is 2.11. The molecule has 0 aliphatic rings. The topological polar surface area (TPSA) is 81.7 Å². The van der Waals surface area contributed by atoms with Gasteiger partial charge in [0.1, 0.15) is 0 Å². The Hall–Kier alpha value is -2.08. The van der Waals surface area contributed by atoms with Crippen LogP contribution in [0, 0.1) is 0 Å². The molecule has 0 spiro atoms. The van der Waals surface area contributed by atoms with Crippen molar-refractivity contribution in [3.8, 4) is 0 Å². The van der Waals surface area contributed by atoms with E-state index in [1.54, 1.807) is 36.1 Å². The first-order valence-corrected chi connectivity index (χ1v) is 7.08. The van der Waals surface area contributed by atoms with E-state index in [4.69, 9.17) is 0 Å². The van der Waals surface area contributed by atoms with Crippen LogP contribution in [0.3, 0.4) is 0 Å². The van der Waals surface area contributed by atoms with Crippen molar-refractivity contribution in [2.24, 2.45) is 0 Å². The summed E-state index contributed by atoms with van der Waals surface area (Å²) < 4.78 is 0. The third-order valence-corrected chi connectivity index (χ3v) is 3.17. The lowest BCUT2D eigenvalue weighted by molar-refractivity contribution is -0.129. The molecule has 6 nitrogen and oxygen atoms in total. The van der Waals surface area contributed by atoms with E-state index < -0.39 is 12.1 Å². The van der Waals surface area contributed by atoms with Crippen LogP contribution in [0.2, 0.25) is 0 Å². The molecular weight excluding hydrogens is 270 g/mol. The lowest BCUT2D eigenvalue weighted by atomic mass is 10.1. The summed E-state index contributed by atoms with van der Waals surface area (Å²) in [5.74, 6) is -0.111. The van der Waals surface area contributed by atoms with Crippen LogP contribution >= 0.6 is 0 Å². The molecule has 0 aromatic heterocycles. The van der Waals surface area contributed by atoms with Gasteiger partial charge in [0.05, 0.1) is 12.6 Å². The predicted molar refractivity (Wildman–Crippen MR) is 82.0 cm³/mol. The largest absolute Gasteiger partial charge is 0.389 e. The molecule has 21 heavy (non-hydrogen) atoms. The second-order valence-corrected chi connectivity index (χ2v) is 4.67. The Balaban J connectivity index is 2.45. The Morgan fingerprint density at radius 2 is 1.76 bits per heavy atom. The first kappa shape index (κ1) is 17.0. The molecule has 1 aromatic carbocycles. The summed E-state index contributed by atoms with van der Waals surface area (Å²) in [4.78, 5) is 25.1. The first-order valence-electron chi connectivity index (χ1n) is 7.08. The quantitative estimate of drug-likeness (QED) is 0.747. The normalized spacial score (nSPS) is 11.6. The van der Waals surface area contributed by atoms with Gasteiger partial charge < -0.3 is 20.6 Å². The van der Waals surface area contributed by atoms with E-state index in [1.165, 1.54) is 0 Å². The van der Waals surface area contributed by atoms with Gasteiger partial charge in [0.15, 0.2) is 0 Å². The van der Waals surface area contributed by atoms with Crippen LogP contribution in [0.1, 0.15) is 32.4 Å². The number of benzene rings is 1. The van der Waals surface area contributed by atoms with Gasteiger partial charge in [-0.15, -0.1) is 0 Å². The summed E-state index contributed by atoms with van der Waals surface area (Å²) >= 11 is 0. The van der Waals surface area contributed by atoms with Gasteiger partial charge in [0.25, 0.3) is 0 Å². The molecule has 0 heterocycles. The zero-order valence-electron chi connectivity index (χ0n) is 12.7. The van der Waals surface area contributed by atoms with Crippen molar-refractivity contribution < 1.29 is 14.7 Å². The number of hydrogen-bond acceptors (Lipinski definition) is 3. The van der Waals surface area contributed by atoms with Gasteiger partial charge in [-0.05, 0) is 38.5 Å². The van der Waals surface area contributed by atoms with Crippen molar-refractivity contribution in [2.45, 2.75) is 26.9 Å². The van der Waals surface area contributed by atoms with Gasteiger partial charge in [0, 0.05) is 18.8 Å². The Kier molecular flexibility index (Phi) is 6.68. The molecule has 3 amide bonds. The Morgan fingerprint density at radius 1 is 1.19 bits per heavy atom. The second-order valence-electron chi connectivity index (χ2n) is 4.67. The number of rotatable bonds is 6. The lowest BCUT2D eigenvalue weighted by Gasteiger charge is -2.18. The molecule has 1 unspecified atom stereocenters.